The average molecular weight is 193 g/mol. The standard InChI is InChI=1S/C11H13O3/c1-13-10-6-4-3-5-9(10)7-8-11(12)14-2/h4-6H,7-8H2,1-2H3. The van der Waals surface area contributed by atoms with E-state index in [0.29, 0.717) is 12.8 Å². The first kappa shape index (κ1) is 10.6. The smallest absolute Gasteiger partial charge is 0.305 e. The Morgan fingerprint density at radius 2 is 2.29 bits per heavy atom. The van der Waals surface area contributed by atoms with Crippen molar-refractivity contribution in [1.29, 1.82) is 0 Å². The number of rotatable bonds is 4. The lowest BCUT2D eigenvalue weighted by molar-refractivity contribution is -0.140. The van der Waals surface area contributed by atoms with Crippen LogP contribution in [-0.2, 0) is 16.0 Å². The van der Waals surface area contributed by atoms with Crippen LogP contribution in [0.5, 0.6) is 5.75 Å². The van der Waals surface area contributed by atoms with E-state index < -0.39 is 0 Å². The lowest BCUT2D eigenvalue weighted by Crippen LogP contribution is -2.02. The second kappa shape index (κ2) is 5.27. The fourth-order valence-corrected chi connectivity index (χ4v) is 1.18. The van der Waals surface area contributed by atoms with Gasteiger partial charge in [-0.1, -0.05) is 6.07 Å². The maximum absolute atomic E-state index is 10.9. The topological polar surface area (TPSA) is 35.5 Å². The molecule has 1 aromatic rings. The van der Waals surface area contributed by atoms with E-state index in [1.165, 1.54) is 7.11 Å². The maximum atomic E-state index is 10.9. The van der Waals surface area contributed by atoms with Crippen LogP contribution < -0.4 is 4.74 Å². The molecule has 1 radical (unpaired) electrons. The Bertz CT molecular complexity index is 307. The summed E-state index contributed by atoms with van der Waals surface area (Å²) in [4.78, 5) is 10.9. The van der Waals surface area contributed by atoms with Crippen molar-refractivity contribution in [2.24, 2.45) is 0 Å². The van der Waals surface area contributed by atoms with Crippen LogP contribution in [-0.4, -0.2) is 20.2 Å². The second-order valence-electron chi connectivity index (χ2n) is 2.81. The fraction of sp³-hybridized carbons (Fsp3) is 0.364. The third-order valence-corrected chi connectivity index (χ3v) is 1.95. The quantitative estimate of drug-likeness (QED) is 0.681. The first-order valence-corrected chi connectivity index (χ1v) is 4.37. The number of esters is 1. The van der Waals surface area contributed by atoms with E-state index in [-0.39, 0.29) is 5.97 Å². The molecule has 0 aliphatic rings. The molecule has 0 fully saturated rings. The van der Waals surface area contributed by atoms with Crippen LogP contribution in [0.2, 0.25) is 0 Å². The van der Waals surface area contributed by atoms with E-state index in [1.807, 2.05) is 12.1 Å². The monoisotopic (exact) mass is 193 g/mol. The minimum atomic E-state index is -0.212. The van der Waals surface area contributed by atoms with E-state index in [2.05, 4.69) is 10.8 Å². The number of aryl methyl sites for hydroxylation is 1. The largest absolute Gasteiger partial charge is 0.496 e. The number of hydrogen-bond acceptors (Lipinski definition) is 3. The van der Waals surface area contributed by atoms with Gasteiger partial charge >= 0.3 is 5.97 Å². The molecule has 3 heteroatoms. The Labute approximate surface area is 83.6 Å². The number of methoxy groups -OCH3 is 2. The molecule has 0 aliphatic heterocycles. The Balaban J connectivity index is 2.61. The third-order valence-electron chi connectivity index (χ3n) is 1.95. The molecular weight excluding hydrogens is 180 g/mol. The van der Waals surface area contributed by atoms with Gasteiger partial charge in [-0.05, 0) is 30.2 Å². The zero-order valence-corrected chi connectivity index (χ0v) is 8.37. The lowest BCUT2D eigenvalue weighted by Gasteiger charge is -2.06. The molecule has 0 spiro atoms. The minimum Gasteiger partial charge on any atom is -0.496 e. The van der Waals surface area contributed by atoms with Gasteiger partial charge in [0.05, 0.1) is 14.2 Å². The average Bonchev–Trinajstić information content (AvgIpc) is 2.26. The summed E-state index contributed by atoms with van der Waals surface area (Å²) in [6, 6.07) is 8.37. The van der Waals surface area contributed by atoms with Crippen molar-refractivity contribution in [3.8, 4) is 5.75 Å². The van der Waals surface area contributed by atoms with Crippen molar-refractivity contribution >= 4 is 5.97 Å². The van der Waals surface area contributed by atoms with Crippen molar-refractivity contribution < 1.29 is 14.3 Å². The van der Waals surface area contributed by atoms with Crippen LogP contribution in [0.3, 0.4) is 0 Å². The number of ether oxygens (including phenoxy) is 2. The zero-order chi connectivity index (χ0) is 10.4. The molecule has 0 atom stereocenters. The van der Waals surface area contributed by atoms with Crippen LogP contribution in [0.15, 0.2) is 18.2 Å². The summed E-state index contributed by atoms with van der Waals surface area (Å²) in [5, 5.41) is 0. The molecule has 0 heterocycles. The summed E-state index contributed by atoms with van der Waals surface area (Å²) >= 11 is 0. The van der Waals surface area contributed by atoms with E-state index in [1.54, 1.807) is 13.2 Å². The Hall–Kier alpha value is -1.51. The molecular formula is C11H13O3. The van der Waals surface area contributed by atoms with Crippen LogP contribution in [0.1, 0.15) is 12.0 Å². The molecule has 0 amide bonds. The van der Waals surface area contributed by atoms with E-state index >= 15 is 0 Å². The minimum absolute atomic E-state index is 0.212. The summed E-state index contributed by atoms with van der Waals surface area (Å²) in [5.74, 6) is 0.573. The molecule has 0 saturated carbocycles. The van der Waals surface area contributed by atoms with Gasteiger partial charge in [-0.25, -0.2) is 0 Å². The predicted octanol–water partition coefficient (Wildman–Crippen LogP) is 1.60. The lowest BCUT2D eigenvalue weighted by atomic mass is 10.1. The first-order valence-electron chi connectivity index (χ1n) is 4.37. The van der Waals surface area contributed by atoms with Gasteiger partial charge in [0.2, 0.25) is 0 Å². The molecule has 3 nitrogen and oxygen atoms in total. The van der Waals surface area contributed by atoms with Crippen molar-refractivity contribution in [2.45, 2.75) is 12.8 Å². The summed E-state index contributed by atoms with van der Waals surface area (Å²) in [6.07, 6.45) is 0.984. The van der Waals surface area contributed by atoms with Gasteiger partial charge < -0.3 is 9.47 Å². The van der Waals surface area contributed by atoms with Crippen LogP contribution in [0, 0.1) is 6.07 Å². The van der Waals surface area contributed by atoms with Crippen molar-refractivity contribution in [3.05, 3.63) is 29.8 Å². The summed E-state index contributed by atoms with van der Waals surface area (Å²) < 4.78 is 9.69. The Morgan fingerprint density at radius 1 is 1.50 bits per heavy atom. The fourth-order valence-electron chi connectivity index (χ4n) is 1.18. The van der Waals surface area contributed by atoms with Crippen molar-refractivity contribution in [2.75, 3.05) is 14.2 Å². The highest BCUT2D eigenvalue weighted by molar-refractivity contribution is 5.69. The first-order chi connectivity index (χ1) is 6.77. The van der Waals surface area contributed by atoms with Crippen LogP contribution in [0.25, 0.3) is 0 Å². The van der Waals surface area contributed by atoms with Gasteiger partial charge in [0.15, 0.2) is 0 Å². The van der Waals surface area contributed by atoms with Gasteiger partial charge in [0, 0.05) is 6.42 Å². The third kappa shape index (κ3) is 2.76. The molecule has 1 rings (SSSR count). The molecule has 14 heavy (non-hydrogen) atoms. The van der Waals surface area contributed by atoms with Gasteiger partial charge in [-0.3, -0.25) is 4.79 Å². The highest BCUT2D eigenvalue weighted by Gasteiger charge is 2.05. The normalized spacial score (nSPS) is 9.57. The van der Waals surface area contributed by atoms with E-state index in [4.69, 9.17) is 4.74 Å². The highest BCUT2D eigenvalue weighted by atomic mass is 16.5. The predicted molar refractivity (Wildman–Crippen MR) is 52.2 cm³/mol. The van der Waals surface area contributed by atoms with E-state index in [0.717, 1.165) is 11.3 Å². The molecule has 1 aromatic carbocycles. The highest BCUT2D eigenvalue weighted by Crippen LogP contribution is 2.18. The zero-order valence-electron chi connectivity index (χ0n) is 8.37. The number of carbonyl (C=O) groups is 1. The molecule has 0 bridgehead atoms. The van der Waals surface area contributed by atoms with Crippen molar-refractivity contribution in [3.63, 3.8) is 0 Å². The Kier molecular flexibility index (Phi) is 3.98. The van der Waals surface area contributed by atoms with Gasteiger partial charge in [0.25, 0.3) is 0 Å². The summed E-state index contributed by atoms with van der Waals surface area (Å²) in [7, 11) is 2.99. The maximum Gasteiger partial charge on any atom is 0.305 e. The SMILES string of the molecule is COC(=O)CCc1c[c]ccc1OC. The summed E-state index contributed by atoms with van der Waals surface area (Å²) in [6.45, 7) is 0. The van der Waals surface area contributed by atoms with Crippen LogP contribution in [0.4, 0.5) is 0 Å². The molecule has 0 unspecified atom stereocenters. The van der Waals surface area contributed by atoms with Crippen LogP contribution >= 0.6 is 0 Å². The molecule has 0 N–H and O–H groups in total. The van der Waals surface area contributed by atoms with Crippen molar-refractivity contribution in [1.82, 2.24) is 0 Å². The molecule has 0 saturated heterocycles. The van der Waals surface area contributed by atoms with Gasteiger partial charge in [-0.2, -0.15) is 0 Å². The molecule has 75 valence electrons. The van der Waals surface area contributed by atoms with Gasteiger partial charge in [0.1, 0.15) is 5.75 Å². The Morgan fingerprint density at radius 3 is 2.93 bits per heavy atom. The molecule has 0 aromatic heterocycles. The molecule has 0 aliphatic carbocycles. The van der Waals surface area contributed by atoms with E-state index in [9.17, 15) is 4.79 Å². The summed E-state index contributed by atoms with van der Waals surface area (Å²) in [5.41, 5.74) is 0.973. The van der Waals surface area contributed by atoms with Gasteiger partial charge in [-0.15, -0.1) is 0 Å². The number of benzene rings is 1. The number of hydrogen-bond donors (Lipinski definition) is 0. The number of carbonyl (C=O) groups excluding carboxylic acids is 1. The second-order valence-corrected chi connectivity index (χ2v) is 2.81.